The molecule has 144 valence electrons. The summed E-state index contributed by atoms with van der Waals surface area (Å²) in [6, 6.07) is 16.7. The number of carboxylic acids is 1. The van der Waals surface area contributed by atoms with Crippen LogP contribution >= 0.6 is 0 Å². The summed E-state index contributed by atoms with van der Waals surface area (Å²) in [5, 5.41) is 12.5. The minimum absolute atomic E-state index is 0.0420. The fourth-order valence-corrected chi connectivity index (χ4v) is 4.00. The van der Waals surface area contributed by atoms with E-state index < -0.39 is 5.97 Å². The van der Waals surface area contributed by atoms with E-state index in [1.165, 1.54) is 5.57 Å². The van der Waals surface area contributed by atoms with Gasteiger partial charge in [-0.15, -0.1) is 0 Å². The summed E-state index contributed by atoms with van der Waals surface area (Å²) in [6.07, 6.45) is 0.623. The Kier molecular flexibility index (Phi) is 4.88. The molecular weight excluding hydrogens is 354 g/mol. The molecule has 0 aliphatic carbocycles. The number of carboxylic acid groups (broad SMARTS) is 1. The van der Waals surface area contributed by atoms with E-state index in [-0.39, 0.29) is 23.4 Å². The van der Waals surface area contributed by atoms with Crippen LogP contribution in [0.2, 0.25) is 0 Å². The van der Waals surface area contributed by atoms with Crippen LogP contribution in [0.15, 0.2) is 65.9 Å². The molecule has 2 unspecified atom stereocenters. The molecule has 0 radical (unpaired) electrons. The summed E-state index contributed by atoms with van der Waals surface area (Å²) in [5.41, 5.74) is 10.4. The lowest BCUT2D eigenvalue weighted by atomic mass is 9.91. The van der Waals surface area contributed by atoms with Crippen LogP contribution in [0, 0.1) is 0 Å². The fourth-order valence-electron chi connectivity index (χ4n) is 4.00. The van der Waals surface area contributed by atoms with Crippen molar-refractivity contribution in [3.8, 4) is 0 Å². The van der Waals surface area contributed by atoms with Crippen molar-refractivity contribution in [1.29, 1.82) is 0 Å². The zero-order valence-electron chi connectivity index (χ0n) is 15.5. The second kappa shape index (κ2) is 7.48. The van der Waals surface area contributed by atoms with Crippen LogP contribution in [0.1, 0.15) is 39.9 Å². The molecule has 0 spiro atoms. The Bertz CT molecular complexity index is 922. The van der Waals surface area contributed by atoms with Gasteiger partial charge in [0.05, 0.1) is 24.1 Å². The second-order valence-electron chi connectivity index (χ2n) is 7.24. The Labute approximate surface area is 163 Å². The molecule has 0 bridgehead atoms. The second-order valence-corrected chi connectivity index (χ2v) is 7.24. The Hall–Kier alpha value is -3.12. The number of benzene rings is 2. The largest absolute Gasteiger partial charge is 0.478 e. The van der Waals surface area contributed by atoms with Crippen LogP contribution in [0.25, 0.3) is 0 Å². The molecule has 0 aromatic heterocycles. The number of nitrogens with one attached hydrogen (secondary N) is 1. The maximum absolute atomic E-state index is 13.2. The van der Waals surface area contributed by atoms with Crippen molar-refractivity contribution in [3.63, 3.8) is 0 Å². The van der Waals surface area contributed by atoms with Crippen LogP contribution < -0.4 is 11.1 Å². The molecule has 4 N–H and O–H groups in total. The highest BCUT2D eigenvalue weighted by Crippen LogP contribution is 2.39. The van der Waals surface area contributed by atoms with Gasteiger partial charge in [0.1, 0.15) is 0 Å². The van der Waals surface area contributed by atoms with E-state index in [2.05, 4.69) is 5.32 Å². The van der Waals surface area contributed by atoms with E-state index in [9.17, 15) is 9.59 Å². The Balaban J connectivity index is 1.46. The average Bonchev–Trinajstić information content (AvgIpc) is 3.03. The number of hydrogen-bond donors (Lipinski definition) is 3. The lowest BCUT2D eigenvalue weighted by Gasteiger charge is -2.31. The first-order chi connectivity index (χ1) is 13.6. The monoisotopic (exact) mass is 377 g/mol. The first kappa shape index (κ1) is 18.3. The fraction of sp³-hybridized carbons (Fsp3) is 0.273. The molecule has 6 nitrogen and oxygen atoms in total. The molecule has 4 rings (SSSR count). The van der Waals surface area contributed by atoms with E-state index in [1.807, 2.05) is 47.4 Å². The molecular formula is C22H23N3O3. The van der Waals surface area contributed by atoms with Gasteiger partial charge in [-0.25, -0.2) is 4.79 Å². The van der Waals surface area contributed by atoms with Crippen molar-refractivity contribution in [2.24, 2.45) is 5.73 Å². The molecule has 0 saturated carbocycles. The van der Waals surface area contributed by atoms with Gasteiger partial charge in [0.2, 0.25) is 5.91 Å². The van der Waals surface area contributed by atoms with Crippen LogP contribution in [0.4, 0.5) is 0 Å². The highest BCUT2D eigenvalue weighted by Gasteiger charge is 2.40. The number of aromatic carboxylic acids is 1. The minimum Gasteiger partial charge on any atom is -0.478 e. The molecule has 28 heavy (non-hydrogen) atoms. The zero-order valence-corrected chi connectivity index (χ0v) is 15.5. The van der Waals surface area contributed by atoms with Crippen molar-refractivity contribution in [2.45, 2.75) is 18.4 Å². The molecule has 2 heterocycles. The molecule has 2 atom stereocenters. The number of hydrogen-bond acceptors (Lipinski definition) is 4. The van der Waals surface area contributed by atoms with Crippen LogP contribution in [0.3, 0.4) is 0 Å². The Morgan fingerprint density at radius 2 is 1.82 bits per heavy atom. The number of carbonyl (C=O) groups excluding carboxylic acids is 1. The normalized spacial score (nSPS) is 18.9. The van der Waals surface area contributed by atoms with Crippen molar-refractivity contribution < 1.29 is 14.7 Å². The molecule has 2 aromatic carbocycles. The standard InChI is InChI=1S/C22H23N3O3/c23-11-10-17(14-4-2-1-3-5-14)21(26)25-12-18-19(13-25)24-20(18)15-6-8-16(9-7-15)22(27)28/h1-9,17,20,24H,10-13,23H2,(H,27,28). The zero-order chi connectivity index (χ0) is 19.7. The van der Waals surface area contributed by atoms with Crippen LogP contribution in [-0.4, -0.2) is 41.5 Å². The number of amides is 1. The van der Waals surface area contributed by atoms with Gasteiger partial charge in [-0.3, -0.25) is 4.79 Å². The van der Waals surface area contributed by atoms with Gasteiger partial charge < -0.3 is 21.1 Å². The highest BCUT2D eigenvalue weighted by molar-refractivity contribution is 5.87. The molecule has 6 heteroatoms. The van der Waals surface area contributed by atoms with E-state index in [0.717, 1.165) is 16.8 Å². The topological polar surface area (TPSA) is 95.7 Å². The van der Waals surface area contributed by atoms with Crippen molar-refractivity contribution in [1.82, 2.24) is 10.2 Å². The maximum atomic E-state index is 13.2. The van der Waals surface area contributed by atoms with E-state index in [4.69, 9.17) is 10.8 Å². The van der Waals surface area contributed by atoms with Gasteiger partial charge >= 0.3 is 5.97 Å². The molecule has 2 aliphatic heterocycles. The number of nitrogens with zero attached hydrogens (tertiary/aromatic N) is 1. The van der Waals surface area contributed by atoms with Crippen molar-refractivity contribution >= 4 is 11.9 Å². The van der Waals surface area contributed by atoms with Gasteiger partial charge in [0, 0.05) is 12.2 Å². The van der Waals surface area contributed by atoms with Gasteiger partial charge in [0.25, 0.3) is 0 Å². The van der Waals surface area contributed by atoms with Gasteiger partial charge in [-0.1, -0.05) is 42.5 Å². The predicted molar refractivity (Wildman–Crippen MR) is 106 cm³/mol. The quantitative estimate of drug-likeness (QED) is 0.718. The van der Waals surface area contributed by atoms with E-state index >= 15 is 0 Å². The maximum Gasteiger partial charge on any atom is 0.335 e. The third-order valence-corrected chi connectivity index (χ3v) is 5.52. The van der Waals surface area contributed by atoms with E-state index in [1.54, 1.807) is 12.1 Å². The molecule has 0 saturated heterocycles. The van der Waals surface area contributed by atoms with Gasteiger partial charge in [-0.2, -0.15) is 0 Å². The summed E-state index contributed by atoms with van der Waals surface area (Å²) in [5.74, 6) is -1.05. The van der Waals surface area contributed by atoms with Crippen molar-refractivity contribution in [2.75, 3.05) is 19.6 Å². The van der Waals surface area contributed by atoms with Crippen LogP contribution in [-0.2, 0) is 4.79 Å². The molecule has 1 amide bonds. The molecule has 2 aromatic rings. The van der Waals surface area contributed by atoms with Gasteiger partial charge in [-0.05, 0) is 41.8 Å². The average molecular weight is 377 g/mol. The first-order valence-electron chi connectivity index (χ1n) is 9.44. The summed E-state index contributed by atoms with van der Waals surface area (Å²) in [4.78, 5) is 26.1. The van der Waals surface area contributed by atoms with E-state index in [0.29, 0.717) is 26.1 Å². The SMILES string of the molecule is NCCC(C(=O)N1CC2=C(C1)C(c1ccc(C(=O)O)cc1)N2)c1ccccc1. The summed E-state index contributed by atoms with van der Waals surface area (Å²) >= 11 is 0. The summed E-state index contributed by atoms with van der Waals surface area (Å²) < 4.78 is 0. The molecule has 2 aliphatic rings. The molecule has 0 fully saturated rings. The third-order valence-electron chi connectivity index (χ3n) is 5.52. The Morgan fingerprint density at radius 3 is 2.46 bits per heavy atom. The predicted octanol–water partition coefficient (Wildman–Crippen LogP) is 2.26. The number of rotatable bonds is 6. The number of nitrogens with two attached hydrogens (primary N) is 1. The van der Waals surface area contributed by atoms with Crippen molar-refractivity contribution in [3.05, 3.63) is 82.6 Å². The lowest BCUT2D eigenvalue weighted by Crippen LogP contribution is -2.35. The highest BCUT2D eigenvalue weighted by atomic mass is 16.4. The first-order valence-corrected chi connectivity index (χ1v) is 9.44. The summed E-state index contributed by atoms with van der Waals surface area (Å²) in [7, 11) is 0. The Morgan fingerprint density at radius 1 is 1.11 bits per heavy atom. The number of carbonyl (C=O) groups is 2. The lowest BCUT2D eigenvalue weighted by molar-refractivity contribution is -0.131. The summed E-state index contributed by atoms with van der Waals surface area (Å²) in [6.45, 7) is 1.65. The van der Waals surface area contributed by atoms with Gasteiger partial charge in [0.15, 0.2) is 0 Å². The third kappa shape index (κ3) is 3.27. The van der Waals surface area contributed by atoms with Crippen LogP contribution in [0.5, 0.6) is 0 Å². The smallest absolute Gasteiger partial charge is 0.335 e. The minimum atomic E-state index is -0.933.